The Bertz CT molecular complexity index is 1050. The number of hydrogen-bond acceptors (Lipinski definition) is 5. The molecule has 8 nitrogen and oxygen atoms in total. The average Bonchev–Trinajstić information content (AvgIpc) is 3.21. The van der Waals surface area contributed by atoms with Crippen molar-refractivity contribution in [3.63, 3.8) is 0 Å². The van der Waals surface area contributed by atoms with E-state index in [0.717, 1.165) is 17.0 Å². The Morgan fingerprint density at radius 2 is 1.87 bits per heavy atom. The van der Waals surface area contributed by atoms with E-state index < -0.39 is 5.91 Å². The van der Waals surface area contributed by atoms with Crippen LogP contribution in [0, 0.1) is 6.92 Å². The normalized spacial score (nSPS) is 10.4. The van der Waals surface area contributed by atoms with Crippen molar-refractivity contribution in [2.75, 3.05) is 13.7 Å². The Hall–Kier alpha value is -3.52. The van der Waals surface area contributed by atoms with Crippen LogP contribution in [0.3, 0.4) is 0 Å². The van der Waals surface area contributed by atoms with Crippen LogP contribution in [0.2, 0.25) is 5.02 Å². The van der Waals surface area contributed by atoms with Crippen LogP contribution in [0.15, 0.2) is 54.7 Å². The Morgan fingerprint density at radius 3 is 2.58 bits per heavy atom. The van der Waals surface area contributed by atoms with E-state index in [1.807, 2.05) is 43.3 Å². The van der Waals surface area contributed by atoms with Gasteiger partial charge in [0.2, 0.25) is 5.91 Å². The highest BCUT2D eigenvalue weighted by atomic mass is 35.5. The molecule has 1 heterocycles. The van der Waals surface area contributed by atoms with Crippen molar-refractivity contribution >= 4 is 23.4 Å². The maximum Gasteiger partial charge on any atom is 0.294 e. The van der Waals surface area contributed by atoms with E-state index in [2.05, 4.69) is 16.0 Å². The third-order valence-corrected chi connectivity index (χ3v) is 4.63. The molecule has 0 fully saturated rings. The highest BCUT2D eigenvalue weighted by Crippen LogP contribution is 2.22. The third kappa shape index (κ3) is 5.99. The second-order valence-electron chi connectivity index (χ2n) is 6.69. The van der Waals surface area contributed by atoms with Crippen LogP contribution in [-0.4, -0.2) is 35.3 Å². The lowest BCUT2D eigenvalue weighted by Crippen LogP contribution is -2.42. The molecule has 0 atom stereocenters. The van der Waals surface area contributed by atoms with Gasteiger partial charge in [0.25, 0.3) is 5.91 Å². The molecule has 0 bridgehead atoms. The van der Waals surface area contributed by atoms with Gasteiger partial charge in [0.1, 0.15) is 5.75 Å². The molecule has 2 amide bonds. The smallest absolute Gasteiger partial charge is 0.294 e. The Labute approximate surface area is 185 Å². The number of rotatable bonds is 8. The summed E-state index contributed by atoms with van der Waals surface area (Å²) in [6.45, 7) is 2.26. The van der Waals surface area contributed by atoms with E-state index >= 15 is 0 Å². The third-order valence-electron chi connectivity index (χ3n) is 4.39. The Kier molecular flexibility index (Phi) is 7.50. The number of benzene rings is 2. The van der Waals surface area contributed by atoms with E-state index in [4.69, 9.17) is 21.1 Å². The zero-order valence-electron chi connectivity index (χ0n) is 17.2. The van der Waals surface area contributed by atoms with Crippen LogP contribution in [0.1, 0.15) is 28.9 Å². The van der Waals surface area contributed by atoms with Gasteiger partial charge in [0, 0.05) is 11.4 Å². The number of halogens is 1. The van der Waals surface area contributed by atoms with Crippen molar-refractivity contribution in [2.24, 2.45) is 0 Å². The maximum atomic E-state index is 12.4. The summed E-state index contributed by atoms with van der Waals surface area (Å²) < 4.78 is 12.4. The summed E-state index contributed by atoms with van der Waals surface area (Å²) in [6, 6.07) is 14.7. The molecule has 2 aromatic carbocycles. The number of carbonyl (C=O) groups is 2. The SMILES string of the molecule is COc1cn(-c2ccccc2)nc1C(=O)NNC(=O)CCCOc1ccc(Cl)cc1C. The summed E-state index contributed by atoms with van der Waals surface area (Å²) in [4.78, 5) is 24.5. The number of aryl methyl sites for hydroxylation is 1. The van der Waals surface area contributed by atoms with Crippen molar-refractivity contribution in [3.8, 4) is 17.2 Å². The summed E-state index contributed by atoms with van der Waals surface area (Å²) in [5.41, 5.74) is 6.51. The second kappa shape index (κ2) is 10.5. The minimum absolute atomic E-state index is 0.0631. The lowest BCUT2D eigenvalue weighted by molar-refractivity contribution is -0.122. The highest BCUT2D eigenvalue weighted by Gasteiger charge is 2.19. The fourth-order valence-electron chi connectivity index (χ4n) is 2.82. The number of para-hydroxylation sites is 1. The van der Waals surface area contributed by atoms with Gasteiger partial charge in [-0.2, -0.15) is 5.10 Å². The summed E-state index contributed by atoms with van der Waals surface area (Å²) in [7, 11) is 1.45. The van der Waals surface area contributed by atoms with Gasteiger partial charge in [-0.3, -0.25) is 20.4 Å². The number of ether oxygens (including phenoxy) is 2. The van der Waals surface area contributed by atoms with E-state index in [1.54, 1.807) is 18.3 Å². The number of nitrogens with one attached hydrogen (secondary N) is 2. The minimum atomic E-state index is -0.576. The van der Waals surface area contributed by atoms with Crippen LogP contribution in [0.5, 0.6) is 11.5 Å². The van der Waals surface area contributed by atoms with Gasteiger partial charge in [-0.25, -0.2) is 4.68 Å². The van der Waals surface area contributed by atoms with E-state index in [0.29, 0.717) is 23.8 Å². The molecule has 0 aliphatic rings. The van der Waals surface area contributed by atoms with Crippen molar-refractivity contribution in [2.45, 2.75) is 19.8 Å². The van der Waals surface area contributed by atoms with Crippen LogP contribution < -0.4 is 20.3 Å². The first-order valence-electron chi connectivity index (χ1n) is 9.65. The molecule has 0 saturated carbocycles. The predicted octanol–water partition coefficient (Wildman–Crippen LogP) is 3.46. The maximum absolute atomic E-state index is 12.4. The molecule has 0 aliphatic heterocycles. The van der Waals surface area contributed by atoms with Crippen LogP contribution in [0.4, 0.5) is 0 Å². The number of hydrazine groups is 1. The zero-order valence-corrected chi connectivity index (χ0v) is 18.0. The fourth-order valence-corrected chi connectivity index (χ4v) is 3.04. The second-order valence-corrected chi connectivity index (χ2v) is 7.13. The van der Waals surface area contributed by atoms with E-state index in [1.165, 1.54) is 11.8 Å². The number of carbonyl (C=O) groups excluding carboxylic acids is 2. The average molecular weight is 443 g/mol. The van der Waals surface area contributed by atoms with Crippen molar-refractivity contribution in [3.05, 3.63) is 71.0 Å². The van der Waals surface area contributed by atoms with Gasteiger partial charge in [-0.1, -0.05) is 29.8 Å². The first-order valence-corrected chi connectivity index (χ1v) is 10.0. The summed E-state index contributed by atoms with van der Waals surface area (Å²) in [5.74, 6) is 0.0979. The summed E-state index contributed by atoms with van der Waals surface area (Å²) in [5, 5.41) is 4.90. The number of amides is 2. The molecule has 0 unspecified atom stereocenters. The van der Waals surface area contributed by atoms with Gasteiger partial charge < -0.3 is 9.47 Å². The molecule has 3 rings (SSSR count). The van der Waals surface area contributed by atoms with Crippen molar-refractivity contribution < 1.29 is 19.1 Å². The topological polar surface area (TPSA) is 94.5 Å². The van der Waals surface area contributed by atoms with Gasteiger partial charge in [0.15, 0.2) is 11.4 Å². The monoisotopic (exact) mass is 442 g/mol. The Balaban J connectivity index is 1.47. The summed E-state index contributed by atoms with van der Waals surface area (Å²) >= 11 is 5.92. The molecule has 0 radical (unpaired) electrons. The van der Waals surface area contributed by atoms with Crippen molar-refractivity contribution in [1.82, 2.24) is 20.6 Å². The number of aromatic nitrogens is 2. The quantitative estimate of drug-likeness (QED) is 0.411. The predicted molar refractivity (Wildman–Crippen MR) is 117 cm³/mol. The van der Waals surface area contributed by atoms with Gasteiger partial charge >= 0.3 is 0 Å². The van der Waals surface area contributed by atoms with E-state index in [-0.39, 0.29) is 18.0 Å². The molecule has 31 heavy (non-hydrogen) atoms. The lowest BCUT2D eigenvalue weighted by atomic mass is 10.2. The first-order chi connectivity index (χ1) is 15.0. The summed E-state index contributed by atoms with van der Waals surface area (Å²) in [6.07, 6.45) is 2.26. The van der Waals surface area contributed by atoms with Crippen LogP contribution in [-0.2, 0) is 4.79 Å². The molecule has 9 heteroatoms. The van der Waals surface area contributed by atoms with Crippen LogP contribution in [0.25, 0.3) is 5.69 Å². The minimum Gasteiger partial charge on any atom is -0.493 e. The standard InChI is InChI=1S/C22H23ClN4O4/c1-15-13-16(23)10-11-18(15)31-12-6-9-20(28)24-25-22(29)21-19(30-2)14-27(26-21)17-7-4-3-5-8-17/h3-5,7-8,10-11,13-14H,6,9,12H2,1-2H3,(H,24,28)(H,25,29). The number of hydrogen-bond donors (Lipinski definition) is 2. The molecular weight excluding hydrogens is 420 g/mol. The number of methoxy groups -OCH3 is 1. The highest BCUT2D eigenvalue weighted by molar-refractivity contribution is 6.30. The van der Waals surface area contributed by atoms with E-state index in [9.17, 15) is 9.59 Å². The molecule has 0 spiro atoms. The van der Waals surface area contributed by atoms with Crippen molar-refractivity contribution in [1.29, 1.82) is 0 Å². The van der Waals surface area contributed by atoms with Crippen LogP contribution >= 0.6 is 11.6 Å². The zero-order chi connectivity index (χ0) is 22.2. The largest absolute Gasteiger partial charge is 0.493 e. The molecule has 2 N–H and O–H groups in total. The fraction of sp³-hybridized carbons (Fsp3) is 0.227. The molecule has 1 aromatic heterocycles. The van der Waals surface area contributed by atoms with Gasteiger partial charge in [0.05, 0.1) is 25.6 Å². The van der Waals surface area contributed by atoms with Gasteiger partial charge in [-0.05, 0) is 49.2 Å². The van der Waals surface area contributed by atoms with Gasteiger partial charge in [-0.15, -0.1) is 0 Å². The molecule has 0 saturated heterocycles. The molecule has 0 aliphatic carbocycles. The Morgan fingerprint density at radius 1 is 1.10 bits per heavy atom. The molecular formula is C22H23ClN4O4. The number of nitrogens with zero attached hydrogens (tertiary/aromatic N) is 2. The molecule has 162 valence electrons. The molecule has 3 aromatic rings. The first kappa shape index (κ1) is 22.2. The lowest BCUT2D eigenvalue weighted by Gasteiger charge is -2.10.